The van der Waals surface area contributed by atoms with Gasteiger partial charge in [-0.25, -0.2) is 0 Å². The maximum absolute atomic E-state index is 8.26. The van der Waals surface area contributed by atoms with Gasteiger partial charge in [0.15, 0.2) is 6.61 Å². The Bertz CT molecular complexity index is 293. The quantitative estimate of drug-likeness (QED) is 0.701. The van der Waals surface area contributed by atoms with Crippen LogP contribution in [0.25, 0.3) is 0 Å². The maximum atomic E-state index is 8.26. The first-order chi connectivity index (χ1) is 5.88. The number of ether oxygens (including phenoxy) is 1. The van der Waals surface area contributed by atoms with E-state index >= 15 is 0 Å². The van der Waals surface area contributed by atoms with Gasteiger partial charge in [-0.1, -0.05) is 0 Å². The van der Waals surface area contributed by atoms with E-state index in [1.54, 1.807) is 18.3 Å². The van der Waals surface area contributed by atoms with Gasteiger partial charge in [0, 0.05) is 12.7 Å². The van der Waals surface area contributed by atoms with Gasteiger partial charge in [0.25, 0.3) is 0 Å². The number of rotatable bonds is 3. The summed E-state index contributed by atoms with van der Waals surface area (Å²) in [6.45, 7) is 0.348. The van der Waals surface area contributed by atoms with Gasteiger partial charge in [0.1, 0.15) is 11.8 Å². The Balaban J connectivity index is 2.76. The average Bonchev–Trinajstić information content (AvgIpc) is 2.15. The summed E-state index contributed by atoms with van der Waals surface area (Å²) in [5, 5.41) is 8.26. The molecule has 4 heteroatoms. The highest BCUT2D eigenvalue weighted by atomic mass is 16.5. The number of nitriles is 1. The summed E-state index contributed by atoms with van der Waals surface area (Å²) in [5.41, 5.74) is 6.07. The van der Waals surface area contributed by atoms with Crippen LogP contribution in [-0.4, -0.2) is 11.6 Å². The molecular formula is C8H9N3O. The molecule has 2 N–H and O–H groups in total. The fourth-order valence-corrected chi connectivity index (χ4v) is 0.818. The third-order valence-electron chi connectivity index (χ3n) is 1.33. The molecular weight excluding hydrogens is 154 g/mol. The Morgan fingerprint density at radius 2 is 2.50 bits per heavy atom. The molecule has 1 aromatic rings. The second-order valence-electron chi connectivity index (χ2n) is 2.10. The van der Waals surface area contributed by atoms with E-state index in [0.717, 1.165) is 0 Å². The lowest BCUT2D eigenvalue weighted by Gasteiger charge is -2.04. The van der Waals surface area contributed by atoms with Gasteiger partial charge in [-0.05, 0) is 12.1 Å². The van der Waals surface area contributed by atoms with Crippen molar-refractivity contribution < 1.29 is 4.74 Å². The van der Waals surface area contributed by atoms with Crippen molar-refractivity contribution in [1.82, 2.24) is 4.98 Å². The molecule has 0 spiro atoms. The van der Waals surface area contributed by atoms with Gasteiger partial charge < -0.3 is 10.5 Å². The minimum absolute atomic E-state index is 0.0265. The van der Waals surface area contributed by atoms with Gasteiger partial charge >= 0.3 is 0 Å². The summed E-state index contributed by atoms with van der Waals surface area (Å²) >= 11 is 0. The van der Waals surface area contributed by atoms with E-state index < -0.39 is 0 Å². The van der Waals surface area contributed by atoms with E-state index in [2.05, 4.69) is 4.98 Å². The predicted molar refractivity (Wildman–Crippen MR) is 43.2 cm³/mol. The van der Waals surface area contributed by atoms with E-state index in [0.29, 0.717) is 18.0 Å². The lowest BCUT2D eigenvalue weighted by Crippen LogP contribution is -2.04. The van der Waals surface area contributed by atoms with Gasteiger partial charge in [0.05, 0.1) is 5.69 Å². The molecule has 0 aromatic carbocycles. The van der Waals surface area contributed by atoms with Gasteiger partial charge in [-0.2, -0.15) is 5.26 Å². The average molecular weight is 163 g/mol. The summed E-state index contributed by atoms with van der Waals surface area (Å²) in [7, 11) is 0. The zero-order valence-corrected chi connectivity index (χ0v) is 6.53. The lowest BCUT2D eigenvalue weighted by atomic mass is 10.3. The van der Waals surface area contributed by atoms with Crippen LogP contribution in [0.3, 0.4) is 0 Å². The summed E-state index contributed by atoms with van der Waals surface area (Å²) in [6, 6.07) is 5.36. The highest BCUT2D eigenvalue weighted by Gasteiger charge is 2.00. The Labute approximate surface area is 70.6 Å². The van der Waals surface area contributed by atoms with Gasteiger partial charge in [-0.3, -0.25) is 4.98 Å². The van der Waals surface area contributed by atoms with Gasteiger partial charge in [0.2, 0.25) is 0 Å². The standard InChI is InChI=1S/C8H9N3O/c9-3-5-12-8-2-1-4-11-7(8)6-10/h1-2,4H,5-6,10H2. The molecule has 0 aliphatic rings. The first-order valence-electron chi connectivity index (χ1n) is 3.52. The Kier molecular flexibility index (Phi) is 3.05. The van der Waals surface area contributed by atoms with Crippen LogP contribution in [0, 0.1) is 11.3 Å². The molecule has 0 bridgehead atoms. The smallest absolute Gasteiger partial charge is 0.174 e. The molecule has 0 fully saturated rings. The number of hydrogen-bond acceptors (Lipinski definition) is 4. The molecule has 1 heterocycles. The van der Waals surface area contributed by atoms with Crippen LogP contribution in [0.4, 0.5) is 0 Å². The molecule has 0 unspecified atom stereocenters. The second-order valence-corrected chi connectivity index (χ2v) is 2.10. The fraction of sp³-hybridized carbons (Fsp3) is 0.250. The van der Waals surface area contributed by atoms with E-state index in [1.165, 1.54) is 0 Å². The van der Waals surface area contributed by atoms with Crippen LogP contribution in [0.5, 0.6) is 5.75 Å². The molecule has 0 aliphatic heterocycles. The summed E-state index contributed by atoms with van der Waals surface area (Å²) in [6.07, 6.45) is 1.64. The molecule has 62 valence electrons. The van der Waals surface area contributed by atoms with Crippen molar-refractivity contribution >= 4 is 0 Å². The number of hydrogen-bond donors (Lipinski definition) is 1. The number of nitrogens with zero attached hydrogens (tertiary/aromatic N) is 2. The minimum atomic E-state index is 0.0265. The molecule has 0 aliphatic carbocycles. The largest absolute Gasteiger partial charge is 0.477 e. The summed E-state index contributed by atoms with van der Waals surface area (Å²) in [5.74, 6) is 0.585. The molecule has 4 nitrogen and oxygen atoms in total. The van der Waals surface area contributed by atoms with Crippen LogP contribution < -0.4 is 10.5 Å². The third kappa shape index (κ3) is 1.94. The molecule has 1 rings (SSSR count). The number of pyridine rings is 1. The molecule has 0 atom stereocenters. The SMILES string of the molecule is N#CCOc1cccnc1CN. The monoisotopic (exact) mass is 163 g/mol. The third-order valence-corrected chi connectivity index (χ3v) is 1.33. The van der Waals surface area contributed by atoms with E-state index in [4.69, 9.17) is 15.7 Å². The Morgan fingerprint density at radius 3 is 3.17 bits per heavy atom. The zero-order chi connectivity index (χ0) is 8.81. The van der Waals surface area contributed by atoms with Crippen LogP contribution in [0.15, 0.2) is 18.3 Å². The van der Waals surface area contributed by atoms with Crippen LogP contribution >= 0.6 is 0 Å². The summed E-state index contributed by atoms with van der Waals surface area (Å²) < 4.78 is 5.07. The fourth-order valence-electron chi connectivity index (χ4n) is 0.818. The molecule has 0 saturated carbocycles. The normalized spacial score (nSPS) is 9.00. The van der Waals surface area contributed by atoms with E-state index in [9.17, 15) is 0 Å². The van der Waals surface area contributed by atoms with Crippen molar-refractivity contribution in [3.8, 4) is 11.8 Å². The number of nitrogens with two attached hydrogens (primary N) is 1. The molecule has 0 amide bonds. The van der Waals surface area contributed by atoms with Crippen molar-refractivity contribution in [3.05, 3.63) is 24.0 Å². The van der Waals surface area contributed by atoms with E-state index in [-0.39, 0.29) is 6.61 Å². The molecule has 0 radical (unpaired) electrons. The zero-order valence-electron chi connectivity index (χ0n) is 6.53. The minimum Gasteiger partial charge on any atom is -0.477 e. The van der Waals surface area contributed by atoms with Crippen LogP contribution in [-0.2, 0) is 6.54 Å². The first-order valence-corrected chi connectivity index (χ1v) is 3.52. The topological polar surface area (TPSA) is 71.9 Å². The van der Waals surface area contributed by atoms with Crippen molar-refractivity contribution in [3.63, 3.8) is 0 Å². The van der Waals surface area contributed by atoms with Crippen molar-refractivity contribution in [1.29, 1.82) is 5.26 Å². The summed E-state index contributed by atoms with van der Waals surface area (Å²) in [4.78, 5) is 3.99. The molecule has 0 saturated heterocycles. The lowest BCUT2D eigenvalue weighted by molar-refractivity contribution is 0.362. The second kappa shape index (κ2) is 4.31. The van der Waals surface area contributed by atoms with Crippen molar-refractivity contribution in [2.45, 2.75) is 6.54 Å². The first kappa shape index (κ1) is 8.50. The molecule has 1 aromatic heterocycles. The van der Waals surface area contributed by atoms with Crippen LogP contribution in [0.1, 0.15) is 5.69 Å². The van der Waals surface area contributed by atoms with Gasteiger partial charge in [-0.15, -0.1) is 0 Å². The highest BCUT2D eigenvalue weighted by molar-refractivity contribution is 5.26. The Morgan fingerprint density at radius 1 is 1.67 bits per heavy atom. The Hall–Kier alpha value is -1.60. The predicted octanol–water partition coefficient (Wildman–Crippen LogP) is 0.443. The van der Waals surface area contributed by atoms with Crippen molar-refractivity contribution in [2.75, 3.05) is 6.61 Å². The maximum Gasteiger partial charge on any atom is 0.174 e. The van der Waals surface area contributed by atoms with Crippen molar-refractivity contribution in [2.24, 2.45) is 5.73 Å². The highest BCUT2D eigenvalue weighted by Crippen LogP contribution is 2.13. The molecule has 12 heavy (non-hydrogen) atoms. The number of aromatic nitrogens is 1. The van der Waals surface area contributed by atoms with E-state index in [1.807, 2.05) is 6.07 Å². The van der Waals surface area contributed by atoms with Crippen LogP contribution in [0.2, 0.25) is 0 Å².